The van der Waals surface area contributed by atoms with E-state index in [4.69, 9.17) is 28.9 Å². The Hall–Kier alpha value is -3.34. The normalized spacial score (nSPS) is 16.6. The summed E-state index contributed by atoms with van der Waals surface area (Å²) in [5.74, 6) is -0.313. The molecule has 1 aliphatic rings. The van der Waals surface area contributed by atoms with E-state index < -0.39 is 17.5 Å². The maximum atomic E-state index is 14.1. The first kappa shape index (κ1) is 38.1. The summed E-state index contributed by atoms with van der Waals surface area (Å²) in [7, 11) is 0. The summed E-state index contributed by atoms with van der Waals surface area (Å²) in [5, 5.41) is 12.4. The fourth-order valence-electron chi connectivity index (χ4n) is 5.97. The highest BCUT2D eigenvalue weighted by molar-refractivity contribution is 6.42. The second-order valence-corrected chi connectivity index (χ2v) is 13.0. The number of nitrogens with two attached hydrogens (primary N) is 1. The van der Waals surface area contributed by atoms with Gasteiger partial charge in [0.2, 0.25) is 17.7 Å². The maximum Gasteiger partial charge on any atom is 0.315 e. The molecule has 1 unspecified atom stereocenters. The molecule has 258 valence electrons. The van der Waals surface area contributed by atoms with E-state index in [1.54, 1.807) is 23.1 Å². The summed E-state index contributed by atoms with van der Waals surface area (Å²) in [4.78, 5) is 54.4. The fraction of sp³-hybridized carbons (Fsp3) is 0.543. The molecule has 1 fully saturated rings. The molecule has 5 amide bonds. The molecule has 3 rings (SSSR count). The Labute approximate surface area is 288 Å². The van der Waals surface area contributed by atoms with Gasteiger partial charge < -0.3 is 31.9 Å². The van der Waals surface area contributed by atoms with Crippen molar-refractivity contribution >= 4 is 47.0 Å². The second-order valence-electron chi connectivity index (χ2n) is 12.2. The van der Waals surface area contributed by atoms with Crippen LogP contribution in [0.25, 0.3) is 0 Å². The molecule has 0 bridgehead atoms. The van der Waals surface area contributed by atoms with Crippen molar-refractivity contribution in [3.63, 3.8) is 0 Å². The van der Waals surface area contributed by atoms with Gasteiger partial charge in [0.1, 0.15) is 6.04 Å². The predicted octanol–water partition coefficient (Wildman–Crippen LogP) is 4.61. The average Bonchev–Trinajstić information content (AvgIpc) is 3.06. The van der Waals surface area contributed by atoms with Gasteiger partial charge in [0.25, 0.3) is 0 Å². The summed E-state index contributed by atoms with van der Waals surface area (Å²) < 4.78 is 0. The van der Waals surface area contributed by atoms with Gasteiger partial charge in [0, 0.05) is 45.6 Å². The smallest absolute Gasteiger partial charge is 0.315 e. The topological polar surface area (TPSA) is 146 Å². The molecule has 2 atom stereocenters. The zero-order chi connectivity index (χ0) is 34.1. The summed E-state index contributed by atoms with van der Waals surface area (Å²) in [5.41, 5.74) is 6.47. The highest BCUT2D eigenvalue weighted by Crippen LogP contribution is 2.35. The lowest BCUT2D eigenvalue weighted by molar-refractivity contribution is -0.142. The lowest BCUT2D eigenvalue weighted by Crippen LogP contribution is -2.59. The van der Waals surface area contributed by atoms with Gasteiger partial charge in [-0.05, 0) is 81.7 Å². The monoisotopic (exact) mass is 688 g/mol. The highest BCUT2D eigenvalue weighted by atomic mass is 35.5. The van der Waals surface area contributed by atoms with Crippen LogP contribution in [0, 0.1) is 5.41 Å². The van der Waals surface area contributed by atoms with Gasteiger partial charge in [0.15, 0.2) is 0 Å². The lowest BCUT2D eigenvalue weighted by Gasteiger charge is -2.43. The minimum atomic E-state index is -0.896. The number of unbranched alkanes of at least 4 members (excludes halogenated alkanes) is 3. The van der Waals surface area contributed by atoms with Gasteiger partial charge in [-0.1, -0.05) is 66.0 Å². The predicted molar refractivity (Wildman–Crippen MR) is 187 cm³/mol. The van der Waals surface area contributed by atoms with Gasteiger partial charge in [-0.3, -0.25) is 14.4 Å². The third-order valence-electron chi connectivity index (χ3n) is 8.44. The fourth-order valence-corrected chi connectivity index (χ4v) is 6.29. The zero-order valence-electron chi connectivity index (χ0n) is 27.4. The van der Waals surface area contributed by atoms with E-state index >= 15 is 0 Å². The van der Waals surface area contributed by atoms with Crippen LogP contribution in [0.15, 0.2) is 48.5 Å². The van der Waals surface area contributed by atoms with Gasteiger partial charge in [0.05, 0.1) is 15.5 Å². The number of rotatable bonds is 18. The molecule has 0 aliphatic carbocycles. The molecule has 0 saturated carbocycles. The molecule has 2 aromatic rings. The van der Waals surface area contributed by atoms with E-state index in [0.717, 1.165) is 30.4 Å². The minimum Gasteiger partial charge on any atom is -0.356 e. The van der Waals surface area contributed by atoms with E-state index in [9.17, 15) is 19.2 Å². The first-order valence-electron chi connectivity index (χ1n) is 16.7. The van der Waals surface area contributed by atoms with Gasteiger partial charge in [-0.2, -0.15) is 0 Å². The number of benzene rings is 2. The number of carbonyl (C=O) groups excluding carboxylic acids is 4. The molecule has 0 radical (unpaired) electrons. The molecule has 1 saturated heterocycles. The number of likely N-dealkylation sites (tertiary alicyclic amines) is 1. The van der Waals surface area contributed by atoms with Crippen LogP contribution < -0.4 is 27.0 Å². The van der Waals surface area contributed by atoms with E-state index in [2.05, 4.69) is 21.3 Å². The quantitative estimate of drug-likeness (QED) is 0.145. The van der Waals surface area contributed by atoms with Crippen LogP contribution in [0.5, 0.6) is 0 Å². The van der Waals surface area contributed by atoms with Gasteiger partial charge in [-0.25, -0.2) is 4.79 Å². The second kappa shape index (κ2) is 20.1. The molecular weight excluding hydrogens is 639 g/mol. The molecule has 1 heterocycles. The van der Waals surface area contributed by atoms with Crippen LogP contribution in [-0.4, -0.2) is 74.0 Å². The summed E-state index contributed by atoms with van der Waals surface area (Å²) in [6.45, 7) is 4.65. The standard InChI is InChI=1S/C35H50Cl2N6O4/c1-2-39-33(46)35(24-26-12-5-3-6-13-26)17-11-21-43(25-35)32(45)30(23-27-15-16-28(36)29(37)22-27)42-34(47)41-20-10-9-19-40-31(44)14-7-4-8-18-38/h3,5-6,12-13,15-16,22,30H,2,4,7-11,14,17-21,23-25,38H2,1H3,(H,39,46)(H,40,44)(H2,41,42,47)/t30?,35-/m0/s1. The number of nitrogens with zero attached hydrogens (tertiary/aromatic N) is 1. The van der Waals surface area contributed by atoms with Gasteiger partial charge >= 0.3 is 6.03 Å². The Morgan fingerprint density at radius 2 is 1.64 bits per heavy atom. The Kier molecular flexibility index (Phi) is 16.3. The van der Waals surface area contributed by atoms with Crippen LogP contribution in [0.1, 0.15) is 69.4 Å². The number of piperidine rings is 1. The Morgan fingerprint density at radius 3 is 2.34 bits per heavy atom. The Morgan fingerprint density at radius 1 is 0.894 bits per heavy atom. The summed E-state index contributed by atoms with van der Waals surface area (Å²) in [6, 6.07) is 13.6. The van der Waals surface area contributed by atoms with E-state index in [-0.39, 0.29) is 30.7 Å². The SMILES string of the molecule is CCNC(=O)[C@]1(Cc2ccccc2)CCCN(C(=O)C(Cc2ccc(Cl)c(Cl)c2)NC(=O)NCCCCNC(=O)CCCCCN)C1. The van der Waals surface area contributed by atoms with Crippen LogP contribution in [-0.2, 0) is 27.2 Å². The molecule has 0 spiro atoms. The number of halogens is 2. The molecule has 2 aromatic carbocycles. The van der Waals surface area contributed by atoms with Crippen molar-refractivity contribution in [2.75, 3.05) is 39.3 Å². The minimum absolute atomic E-state index is 0.0223. The van der Waals surface area contributed by atoms with Crippen molar-refractivity contribution in [1.82, 2.24) is 26.2 Å². The van der Waals surface area contributed by atoms with Crippen molar-refractivity contribution in [3.8, 4) is 0 Å². The number of hydrogen-bond donors (Lipinski definition) is 5. The van der Waals surface area contributed by atoms with Crippen LogP contribution in [0.4, 0.5) is 4.79 Å². The highest BCUT2D eigenvalue weighted by Gasteiger charge is 2.44. The number of hydrogen-bond acceptors (Lipinski definition) is 5. The van der Waals surface area contributed by atoms with Crippen molar-refractivity contribution < 1.29 is 19.2 Å². The number of urea groups is 1. The number of nitrogens with one attached hydrogen (secondary N) is 4. The van der Waals surface area contributed by atoms with Crippen LogP contribution >= 0.6 is 23.2 Å². The largest absolute Gasteiger partial charge is 0.356 e. The first-order valence-corrected chi connectivity index (χ1v) is 17.5. The van der Waals surface area contributed by atoms with Crippen molar-refractivity contribution in [3.05, 3.63) is 69.7 Å². The van der Waals surface area contributed by atoms with Crippen molar-refractivity contribution in [1.29, 1.82) is 0 Å². The summed E-state index contributed by atoms with van der Waals surface area (Å²) >= 11 is 12.4. The van der Waals surface area contributed by atoms with Crippen LogP contribution in [0.2, 0.25) is 10.0 Å². The average molecular weight is 690 g/mol. The maximum absolute atomic E-state index is 14.1. The van der Waals surface area contributed by atoms with E-state index in [0.29, 0.717) is 81.3 Å². The molecule has 0 aromatic heterocycles. The number of carbonyl (C=O) groups is 4. The van der Waals surface area contributed by atoms with E-state index in [1.807, 2.05) is 37.3 Å². The van der Waals surface area contributed by atoms with E-state index in [1.165, 1.54) is 0 Å². The van der Waals surface area contributed by atoms with Gasteiger partial charge in [-0.15, -0.1) is 0 Å². The molecule has 12 heteroatoms. The third-order valence-corrected chi connectivity index (χ3v) is 9.18. The van der Waals surface area contributed by atoms with Crippen molar-refractivity contribution in [2.45, 2.75) is 77.2 Å². The lowest BCUT2D eigenvalue weighted by atomic mass is 9.74. The molecule has 10 nitrogen and oxygen atoms in total. The molecule has 6 N–H and O–H groups in total. The van der Waals surface area contributed by atoms with Crippen LogP contribution in [0.3, 0.4) is 0 Å². The Balaban J connectivity index is 1.64. The number of amides is 5. The van der Waals surface area contributed by atoms with Crippen molar-refractivity contribution in [2.24, 2.45) is 11.1 Å². The molecule has 1 aliphatic heterocycles. The zero-order valence-corrected chi connectivity index (χ0v) is 28.9. The first-order chi connectivity index (χ1) is 22.7. The Bertz CT molecular complexity index is 1310. The molecule has 47 heavy (non-hydrogen) atoms. The molecular formula is C35H50Cl2N6O4. The third kappa shape index (κ3) is 12.7. The summed E-state index contributed by atoms with van der Waals surface area (Å²) in [6.07, 6.45) is 6.55.